The third kappa shape index (κ3) is 4.13. The zero-order valence-electron chi connectivity index (χ0n) is 14.3. The highest BCUT2D eigenvalue weighted by Gasteiger charge is 2.23. The van der Waals surface area contributed by atoms with E-state index in [0.717, 1.165) is 0 Å². The summed E-state index contributed by atoms with van der Waals surface area (Å²) in [6.07, 6.45) is 1.35. The first kappa shape index (κ1) is 18.9. The Balaban J connectivity index is 2.04. The number of rotatable bonds is 5. The van der Waals surface area contributed by atoms with E-state index >= 15 is 0 Å². The number of hydrogen-bond acceptors (Lipinski definition) is 4. The van der Waals surface area contributed by atoms with Gasteiger partial charge >= 0.3 is 5.97 Å². The molecule has 0 spiro atoms. The second-order valence-electron chi connectivity index (χ2n) is 5.45. The van der Waals surface area contributed by atoms with E-state index in [2.05, 4.69) is 10.4 Å². The summed E-state index contributed by atoms with van der Waals surface area (Å²) in [5.74, 6) is -0.932. The van der Waals surface area contributed by atoms with Gasteiger partial charge in [0, 0.05) is 5.02 Å². The molecule has 6 nitrogen and oxygen atoms in total. The number of anilines is 1. The number of amides is 1. The molecule has 27 heavy (non-hydrogen) atoms. The van der Waals surface area contributed by atoms with E-state index in [9.17, 15) is 9.59 Å². The number of nitrogens with one attached hydrogen (secondary N) is 1. The molecule has 3 aromatic rings. The molecule has 0 atom stereocenters. The zero-order valence-corrected chi connectivity index (χ0v) is 15.8. The standard InChI is InChI=1S/C19H15Cl2N3O3/c1-2-27-19(26)15-11-22-24(13-6-4-3-5-7-13)17(15)23-18(25)14-10-12(20)8-9-16(14)21/h3-11H,2H2,1H3,(H,23,25). The van der Waals surface area contributed by atoms with Gasteiger partial charge in [-0.1, -0.05) is 41.4 Å². The van der Waals surface area contributed by atoms with Crippen LogP contribution in [-0.4, -0.2) is 28.3 Å². The highest BCUT2D eigenvalue weighted by Crippen LogP contribution is 2.25. The van der Waals surface area contributed by atoms with Gasteiger partial charge in [-0.3, -0.25) is 4.79 Å². The maximum Gasteiger partial charge on any atom is 0.343 e. The van der Waals surface area contributed by atoms with Gasteiger partial charge in [-0.25, -0.2) is 9.48 Å². The molecule has 2 aromatic carbocycles. The number of hydrogen-bond donors (Lipinski definition) is 1. The molecule has 0 aliphatic carbocycles. The summed E-state index contributed by atoms with van der Waals surface area (Å²) >= 11 is 12.1. The van der Waals surface area contributed by atoms with Crippen molar-refractivity contribution in [1.82, 2.24) is 9.78 Å². The number of ether oxygens (including phenoxy) is 1. The summed E-state index contributed by atoms with van der Waals surface area (Å²) in [5.41, 5.74) is 0.979. The minimum Gasteiger partial charge on any atom is -0.462 e. The number of benzene rings is 2. The summed E-state index contributed by atoms with van der Waals surface area (Å²) < 4.78 is 6.50. The fourth-order valence-electron chi connectivity index (χ4n) is 2.44. The molecule has 0 aliphatic rings. The summed E-state index contributed by atoms with van der Waals surface area (Å²) in [4.78, 5) is 25.0. The Morgan fingerprint density at radius 1 is 1.11 bits per heavy atom. The van der Waals surface area contributed by atoms with Gasteiger partial charge in [0.15, 0.2) is 5.82 Å². The number of para-hydroxylation sites is 1. The Morgan fingerprint density at radius 3 is 2.56 bits per heavy atom. The predicted molar refractivity (Wildman–Crippen MR) is 104 cm³/mol. The Bertz CT molecular complexity index is 987. The van der Waals surface area contributed by atoms with Crippen molar-refractivity contribution in [2.75, 3.05) is 11.9 Å². The summed E-state index contributed by atoms with van der Waals surface area (Å²) in [6.45, 7) is 1.90. The van der Waals surface area contributed by atoms with Gasteiger partial charge in [-0.2, -0.15) is 5.10 Å². The molecule has 0 unspecified atom stereocenters. The Hall–Kier alpha value is -2.83. The number of halogens is 2. The van der Waals surface area contributed by atoms with Gasteiger partial charge in [0.25, 0.3) is 5.91 Å². The molecule has 0 radical (unpaired) electrons. The van der Waals surface area contributed by atoms with Crippen molar-refractivity contribution in [2.24, 2.45) is 0 Å². The lowest BCUT2D eigenvalue weighted by atomic mass is 10.2. The third-order valence-corrected chi connectivity index (χ3v) is 4.23. The van der Waals surface area contributed by atoms with Crippen molar-refractivity contribution in [2.45, 2.75) is 6.92 Å². The van der Waals surface area contributed by atoms with E-state index in [-0.39, 0.29) is 28.6 Å². The summed E-state index contributed by atoms with van der Waals surface area (Å²) in [7, 11) is 0. The second kappa shape index (κ2) is 8.24. The normalized spacial score (nSPS) is 10.5. The lowest BCUT2D eigenvalue weighted by Gasteiger charge is -2.12. The molecular formula is C19H15Cl2N3O3. The van der Waals surface area contributed by atoms with E-state index in [4.69, 9.17) is 27.9 Å². The molecule has 0 saturated heterocycles. The van der Waals surface area contributed by atoms with E-state index in [1.54, 1.807) is 25.1 Å². The maximum atomic E-state index is 12.8. The van der Waals surface area contributed by atoms with Crippen LogP contribution in [0.25, 0.3) is 5.69 Å². The number of carbonyl (C=O) groups is 2. The van der Waals surface area contributed by atoms with Gasteiger partial charge in [-0.15, -0.1) is 0 Å². The smallest absolute Gasteiger partial charge is 0.343 e. The maximum absolute atomic E-state index is 12.8. The predicted octanol–water partition coefficient (Wildman–Crippen LogP) is 4.61. The second-order valence-corrected chi connectivity index (χ2v) is 6.30. The first-order chi connectivity index (χ1) is 13.0. The number of esters is 1. The van der Waals surface area contributed by atoms with E-state index < -0.39 is 11.9 Å². The van der Waals surface area contributed by atoms with Crippen LogP contribution in [0.4, 0.5) is 5.82 Å². The van der Waals surface area contributed by atoms with Gasteiger partial charge in [-0.05, 0) is 37.3 Å². The molecule has 1 aromatic heterocycles. The molecule has 0 aliphatic heterocycles. The molecule has 138 valence electrons. The van der Waals surface area contributed by atoms with Gasteiger partial charge in [0.1, 0.15) is 5.56 Å². The quantitative estimate of drug-likeness (QED) is 0.631. The molecule has 0 fully saturated rings. The van der Waals surface area contributed by atoms with Crippen LogP contribution in [0.1, 0.15) is 27.6 Å². The van der Waals surface area contributed by atoms with Crippen molar-refractivity contribution in [1.29, 1.82) is 0 Å². The van der Waals surface area contributed by atoms with Crippen molar-refractivity contribution in [3.8, 4) is 5.69 Å². The zero-order chi connectivity index (χ0) is 19.4. The number of nitrogens with zero attached hydrogens (tertiary/aromatic N) is 2. The van der Waals surface area contributed by atoms with Crippen LogP contribution in [-0.2, 0) is 4.74 Å². The monoisotopic (exact) mass is 403 g/mol. The molecule has 1 heterocycles. The number of carbonyl (C=O) groups excluding carboxylic acids is 2. The van der Waals surface area contributed by atoms with Gasteiger partial charge < -0.3 is 10.1 Å². The molecule has 8 heteroatoms. The van der Waals surface area contributed by atoms with Gasteiger partial charge in [0.05, 0.1) is 29.1 Å². The minimum atomic E-state index is -0.591. The van der Waals surface area contributed by atoms with Crippen LogP contribution in [0.3, 0.4) is 0 Å². The average Bonchev–Trinajstić information content (AvgIpc) is 3.08. The lowest BCUT2D eigenvalue weighted by Crippen LogP contribution is -2.18. The highest BCUT2D eigenvalue weighted by molar-refractivity contribution is 6.36. The Morgan fingerprint density at radius 2 is 1.85 bits per heavy atom. The highest BCUT2D eigenvalue weighted by atomic mass is 35.5. The van der Waals surface area contributed by atoms with Crippen molar-refractivity contribution in [3.63, 3.8) is 0 Å². The first-order valence-corrected chi connectivity index (χ1v) is 8.83. The van der Waals surface area contributed by atoms with E-state index in [1.165, 1.54) is 23.0 Å². The minimum absolute atomic E-state index is 0.132. The number of aromatic nitrogens is 2. The van der Waals surface area contributed by atoms with Gasteiger partial charge in [0.2, 0.25) is 0 Å². The molecule has 0 saturated carbocycles. The average molecular weight is 404 g/mol. The summed E-state index contributed by atoms with van der Waals surface area (Å²) in [5, 5.41) is 7.52. The molecule has 0 bridgehead atoms. The van der Waals surface area contributed by atoms with Crippen LogP contribution in [0.5, 0.6) is 0 Å². The van der Waals surface area contributed by atoms with Crippen LogP contribution in [0, 0.1) is 0 Å². The van der Waals surface area contributed by atoms with Crippen LogP contribution in [0.15, 0.2) is 54.7 Å². The largest absolute Gasteiger partial charge is 0.462 e. The van der Waals surface area contributed by atoms with Crippen molar-refractivity contribution in [3.05, 3.63) is 75.9 Å². The molecule has 1 N–H and O–H groups in total. The van der Waals surface area contributed by atoms with Crippen LogP contribution >= 0.6 is 23.2 Å². The fraction of sp³-hybridized carbons (Fsp3) is 0.105. The molecule has 1 amide bonds. The Labute approximate surface area is 165 Å². The van der Waals surface area contributed by atoms with E-state index in [1.807, 2.05) is 18.2 Å². The summed E-state index contributed by atoms with van der Waals surface area (Å²) in [6, 6.07) is 13.6. The third-order valence-electron chi connectivity index (χ3n) is 3.67. The van der Waals surface area contributed by atoms with Crippen LogP contribution in [0.2, 0.25) is 10.0 Å². The van der Waals surface area contributed by atoms with Crippen LogP contribution < -0.4 is 5.32 Å². The van der Waals surface area contributed by atoms with Crippen molar-refractivity contribution < 1.29 is 14.3 Å². The lowest BCUT2D eigenvalue weighted by molar-refractivity contribution is 0.0527. The fourth-order valence-corrected chi connectivity index (χ4v) is 2.81. The molecular weight excluding hydrogens is 389 g/mol. The Kier molecular flexibility index (Phi) is 5.78. The van der Waals surface area contributed by atoms with E-state index in [0.29, 0.717) is 10.7 Å². The topological polar surface area (TPSA) is 73.2 Å². The first-order valence-electron chi connectivity index (χ1n) is 8.08. The van der Waals surface area contributed by atoms with Crippen molar-refractivity contribution >= 4 is 40.9 Å². The SMILES string of the molecule is CCOC(=O)c1cnn(-c2ccccc2)c1NC(=O)c1cc(Cl)ccc1Cl. The molecule has 3 rings (SSSR count).